The van der Waals surface area contributed by atoms with Crippen molar-refractivity contribution in [2.45, 2.75) is 20.1 Å². The van der Waals surface area contributed by atoms with E-state index >= 15 is 0 Å². The van der Waals surface area contributed by atoms with E-state index in [4.69, 9.17) is 16.3 Å². The predicted octanol–water partition coefficient (Wildman–Crippen LogP) is 4.17. The summed E-state index contributed by atoms with van der Waals surface area (Å²) in [6, 6.07) is 12.1. The predicted molar refractivity (Wildman–Crippen MR) is 79.6 cm³/mol. The normalized spacial score (nSPS) is 10.6. The lowest BCUT2D eigenvalue weighted by Gasteiger charge is -2.09. The third-order valence-electron chi connectivity index (χ3n) is 2.90. The van der Waals surface area contributed by atoms with Gasteiger partial charge in [-0.05, 0) is 48.5 Å². The van der Waals surface area contributed by atoms with Crippen molar-refractivity contribution in [3.8, 4) is 5.75 Å². The molecule has 0 atom stereocenters. The molecular weight excluding hydrogens is 277 g/mol. The monoisotopic (exact) mass is 293 g/mol. The number of halogens is 2. The van der Waals surface area contributed by atoms with Crippen molar-refractivity contribution >= 4 is 11.6 Å². The fraction of sp³-hybridized carbons (Fsp3) is 0.250. The van der Waals surface area contributed by atoms with Crippen molar-refractivity contribution in [1.29, 1.82) is 0 Å². The van der Waals surface area contributed by atoms with Gasteiger partial charge in [0.2, 0.25) is 0 Å². The summed E-state index contributed by atoms with van der Waals surface area (Å²) in [4.78, 5) is 0. The van der Waals surface area contributed by atoms with Crippen molar-refractivity contribution in [2.75, 3.05) is 6.54 Å². The van der Waals surface area contributed by atoms with Crippen LogP contribution < -0.4 is 10.1 Å². The Hall–Kier alpha value is -1.58. The van der Waals surface area contributed by atoms with E-state index in [1.165, 1.54) is 6.07 Å². The topological polar surface area (TPSA) is 21.3 Å². The average Bonchev–Trinajstić information content (AvgIpc) is 2.46. The Balaban J connectivity index is 2.02. The van der Waals surface area contributed by atoms with Crippen LogP contribution in [0.1, 0.15) is 18.1 Å². The van der Waals surface area contributed by atoms with Crippen LogP contribution in [0.5, 0.6) is 5.75 Å². The smallest absolute Gasteiger partial charge is 0.129 e. The second-order valence-corrected chi connectivity index (χ2v) is 4.89. The van der Waals surface area contributed by atoms with E-state index in [1.54, 1.807) is 30.3 Å². The van der Waals surface area contributed by atoms with Gasteiger partial charge in [-0.3, -0.25) is 0 Å². The summed E-state index contributed by atoms with van der Waals surface area (Å²) in [5.74, 6) is 0.421. The summed E-state index contributed by atoms with van der Waals surface area (Å²) >= 11 is 5.80. The van der Waals surface area contributed by atoms with E-state index in [0.29, 0.717) is 16.3 Å². The molecular formula is C16H17ClFNO. The van der Waals surface area contributed by atoms with Gasteiger partial charge in [-0.15, -0.1) is 0 Å². The first-order chi connectivity index (χ1) is 9.69. The van der Waals surface area contributed by atoms with Crippen LogP contribution in [0.25, 0.3) is 0 Å². The van der Waals surface area contributed by atoms with Crippen LogP contribution in [0.2, 0.25) is 5.02 Å². The van der Waals surface area contributed by atoms with Crippen molar-refractivity contribution in [2.24, 2.45) is 0 Å². The molecule has 4 heteroatoms. The van der Waals surface area contributed by atoms with Gasteiger partial charge in [0, 0.05) is 17.1 Å². The van der Waals surface area contributed by atoms with Crippen molar-refractivity contribution in [3.05, 3.63) is 64.4 Å². The molecule has 2 aromatic rings. The average molecular weight is 294 g/mol. The molecule has 106 valence electrons. The largest absolute Gasteiger partial charge is 0.489 e. The van der Waals surface area contributed by atoms with E-state index in [9.17, 15) is 4.39 Å². The highest BCUT2D eigenvalue weighted by Crippen LogP contribution is 2.18. The Labute approximate surface area is 123 Å². The zero-order valence-electron chi connectivity index (χ0n) is 11.3. The summed E-state index contributed by atoms with van der Waals surface area (Å²) in [6.07, 6.45) is 0. The molecule has 2 aromatic carbocycles. The highest BCUT2D eigenvalue weighted by molar-refractivity contribution is 6.30. The lowest BCUT2D eigenvalue weighted by atomic mass is 10.1. The Morgan fingerprint density at radius 2 is 1.90 bits per heavy atom. The molecule has 0 saturated heterocycles. The van der Waals surface area contributed by atoms with E-state index in [1.807, 2.05) is 13.0 Å². The highest BCUT2D eigenvalue weighted by atomic mass is 35.5. The van der Waals surface area contributed by atoms with Gasteiger partial charge in [0.25, 0.3) is 0 Å². The summed E-state index contributed by atoms with van der Waals surface area (Å²) in [5.41, 5.74) is 1.60. The Kier molecular flexibility index (Phi) is 5.39. The zero-order chi connectivity index (χ0) is 14.4. The number of ether oxygens (including phenoxy) is 1. The molecule has 2 nitrogen and oxygen atoms in total. The molecule has 0 saturated carbocycles. The minimum atomic E-state index is -0.251. The molecule has 0 aliphatic carbocycles. The quantitative estimate of drug-likeness (QED) is 0.863. The third-order valence-corrected chi connectivity index (χ3v) is 3.15. The highest BCUT2D eigenvalue weighted by Gasteiger charge is 2.05. The second kappa shape index (κ2) is 7.27. The molecule has 0 unspecified atom stereocenters. The van der Waals surface area contributed by atoms with Gasteiger partial charge in [0.15, 0.2) is 0 Å². The summed E-state index contributed by atoms with van der Waals surface area (Å²) in [7, 11) is 0. The molecule has 2 rings (SSSR count). The molecule has 0 aromatic heterocycles. The van der Waals surface area contributed by atoms with Crippen LogP contribution in [0, 0.1) is 5.82 Å². The van der Waals surface area contributed by atoms with Gasteiger partial charge in [-0.2, -0.15) is 0 Å². The maximum absolute atomic E-state index is 13.7. The first kappa shape index (κ1) is 14.8. The van der Waals surface area contributed by atoms with Gasteiger partial charge < -0.3 is 10.1 Å². The Morgan fingerprint density at radius 3 is 2.60 bits per heavy atom. The third kappa shape index (κ3) is 4.22. The Morgan fingerprint density at radius 1 is 1.15 bits per heavy atom. The van der Waals surface area contributed by atoms with Gasteiger partial charge in [-0.1, -0.05) is 24.6 Å². The molecule has 0 radical (unpaired) electrons. The summed E-state index contributed by atoms with van der Waals surface area (Å²) in [6.45, 7) is 3.85. The fourth-order valence-electron chi connectivity index (χ4n) is 1.81. The molecule has 0 bridgehead atoms. The molecule has 0 aliphatic rings. The van der Waals surface area contributed by atoms with Crippen molar-refractivity contribution in [3.63, 3.8) is 0 Å². The number of benzene rings is 2. The lowest BCUT2D eigenvalue weighted by molar-refractivity contribution is 0.299. The molecule has 0 spiro atoms. The minimum absolute atomic E-state index is 0.202. The van der Waals surface area contributed by atoms with Gasteiger partial charge in [0.05, 0.1) is 0 Å². The number of rotatable bonds is 6. The van der Waals surface area contributed by atoms with E-state index in [0.717, 1.165) is 18.7 Å². The van der Waals surface area contributed by atoms with Crippen LogP contribution in [0.3, 0.4) is 0 Å². The zero-order valence-corrected chi connectivity index (χ0v) is 12.1. The van der Waals surface area contributed by atoms with Crippen LogP contribution in [0.15, 0.2) is 42.5 Å². The summed E-state index contributed by atoms with van der Waals surface area (Å²) < 4.78 is 19.3. The van der Waals surface area contributed by atoms with Gasteiger partial charge in [-0.25, -0.2) is 4.39 Å². The molecule has 0 amide bonds. The standard InChI is InChI=1S/C16H17ClFNO/c1-2-19-10-12-3-8-16(18)13(9-12)11-20-15-6-4-14(17)5-7-15/h3-9,19H,2,10-11H2,1H3. The number of hydrogen-bond donors (Lipinski definition) is 1. The molecule has 0 aliphatic heterocycles. The van der Waals surface area contributed by atoms with Gasteiger partial charge >= 0.3 is 0 Å². The van der Waals surface area contributed by atoms with Crippen LogP contribution in [-0.4, -0.2) is 6.54 Å². The molecule has 0 heterocycles. The maximum atomic E-state index is 13.7. The lowest BCUT2D eigenvalue weighted by Crippen LogP contribution is -2.12. The maximum Gasteiger partial charge on any atom is 0.129 e. The van der Waals surface area contributed by atoms with Crippen LogP contribution >= 0.6 is 11.6 Å². The van der Waals surface area contributed by atoms with Crippen LogP contribution in [-0.2, 0) is 13.2 Å². The van der Waals surface area contributed by atoms with Crippen molar-refractivity contribution in [1.82, 2.24) is 5.32 Å². The SMILES string of the molecule is CCNCc1ccc(F)c(COc2ccc(Cl)cc2)c1. The number of hydrogen-bond acceptors (Lipinski definition) is 2. The fourth-order valence-corrected chi connectivity index (χ4v) is 1.94. The second-order valence-electron chi connectivity index (χ2n) is 4.45. The minimum Gasteiger partial charge on any atom is -0.489 e. The number of nitrogens with one attached hydrogen (secondary N) is 1. The van der Waals surface area contributed by atoms with E-state index in [2.05, 4.69) is 5.32 Å². The van der Waals surface area contributed by atoms with Crippen molar-refractivity contribution < 1.29 is 9.13 Å². The molecule has 20 heavy (non-hydrogen) atoms. The molecule has 0 fully saturated rings. The van der Waals surface area contributed by atoms with E-state index in [-0.39, 0.29) is 12.4 Å². The van der Waals surface area contributed by atoms with E-state index < -0.39 is 0 Å². The first-order valence-electron chi connectivity index (χ1n) is 6.55. The van der Waals surface area contributed by atoms with Gasteiger partial charge in [0.1, 0.15) is 18.2 Å². The van der Waals surface area contributed by atoms with Crippen LogP contribution in [0.4, 0.5) is 4.39 Å². The first-order valence-corrected chi connectivity index (χ1v) is 6.93. The summed E-state index contributed by atoms with van der Waals surface area (Å²) in [5, 5.41) is 3.86. The Bertz CT molecular complexity index is 557. The molecule has 1 N–H and O–H groups in total.